The van der Waals surface area contributed by atoms with E-state index in [1.165, 1.54) is 7.11 Å². The zero-order valence-electron chi connectivity index (χ0n) is 30.4. The summed E-state index contributed by atoms with van der Waals surface area (Å²) in [7, 11) is 1.47. The Hall–Kier alpha value is -2.96. The van der Waals surface area contributed by atoms with Crippen molar-refractivity contribution in [2.75, 3.05) is 13.7 Å². The fourth-order valence-electron chi connectivity index (χ4n) is 6.91. The molecule has 11 heteroatoms. The quantitative estimate of drug-likeness (QED) is 0.107. The van der Waals surface area contributed by atoms with Crippen molar-refractivity contribution in [2.45, 2.75) is 136 Å². The molecule has 1 aliphatic heterocycles. The lowest BCUT2D eigenvalue weighted by molar-refractivity contribution is -0.230. The van der Waals surface area contributed by atoms with Crippen LogP contribution in [0.15, 0.2) is 53.5 Å². The monoisotopic (exact) mass is 691 g/mol. The maximum Gasteiger partial charge on any atom is 0.335 e. The lowest BCUT2D eigenvalue weighted by Gasteiger charge is -2.51. The van der Waals surface area contributed by atoms with Gasteiger partial charge in [0.25, 0.3) is 5.91 Å². The van der Waals surface area contributed by atoms with E-state index in [-0.39, 0.29) is 36.2 Å². The molecule has 1 heterocycles. The molecule has 6 N–H and O–H groups in total. The first-order valence-corrected chi connectivity index (χ1v) is 17.9. The number of aliphatic carboxylic acids is 1. The number of hydrogen-bond acceptors (Lipinski definition) is 9. The van der Waals surface area contributed by atoms with Crippen LogP contribution < -0.4 is 5.32 Å². The Morgan fingerprint density at radius 1 is 1.08 bits per heavy atom. The lowest BCUT2D eigenvalue weighted by Crippen LogP contribution is -2.59. The second-order valence-corrected chi connectivity index (χ2v) is 13.2. The number of amides is 1. The van der Waals surface area contributed by atoms with E-state index in [0.717, 1.165) is 11.6 Å². The van der Waals surface area contributed by atoms with Crippen LogP contribution in [0.2, 0.25) is 0 Å². The number of nitrogens with one attached hydrogen (secondary N) is 1. The van der Waals surface area contributed by atoms with E-state index in [0.29, 0.717) is 51.6 Å². The largest absolute Gasteiger partial charge is 0.512 e. The number of allylic oxidation sites excluding steroid dienone is 2. The van der Waals surface area contributed by atoms with Gasteiger partial charge in [0, 0.05) is 44.0 Å². The standard InChI is InChI=1S/C36H55NO10.C2H6/c1-6-36(4)30(46-7-2)21-29(34(45-5)37-33(42)26(39)17-16-23-12-9-8-10-13-23)47-31(36)19-25(38)15-11-14-24-18-22(3)27(40)20-28(41)32(24)35(43)44;1-2/h8-10,12-13,20,22,24-26,29-31,34,38-41H,6-7,11,14-19,21H2,1-5H3,(H,37,42)(H,43,44);1-2H3/t22?,24?,25-,26+,29+,30-,31?,34?,36?;/m1./s1. The van der Waals surface area contributed by atoms with Gasteiger partial charge in [-0.2, -0.15) is 0 Å². The molecule has 1 saturated heterocycles. The highest BCUT2D eigenvalue weighted by molar-refractivity contribution is 5.88. The number of rotatable bonds is 17. The van der Waals surface area contributed by atoms with Crippen LogP contribution in [0.25, 0.3) is 0 Å². The summed E-state index contributed by atoms with van der Waals surface area (Å²) in [5, 5.41) is 54.9. The molecule has 2 aliphatic rings. The molecular weight excluding hydrogens is 630 g/mol. The summed E-state index contributed by atoms with van der Waals surface area (Å²) in [6.45, 7) is 12.3. The first-order valence-electron chi connectivity index (χ1n) is 17.9. The third-order valence-electron chi connectivity index (χ3n) is 10.0. The van der Waals surface area contributed by atoms with Gasteiger partial charge in [-0.1, -0.05) is 71.4 Å². The van der Waals surface area contributed by atoms with E-state index in [4.69, 9.17) is 14.2 Å². The fourth-order valence-corrected chi connectivity index (χ4v) is 6.91. The summed E-state index contributed by atoms with van der Waals surface area (Å²) >= 11 is 0. The Morgan fingerprint density at radius 2 is 1.76 bits per heavy atom. The minimum atomic E-state index is -1.23. The van der Waals surface area contributed by atoms with Gasteiger partial charge in [-0.15, -0.1) is 0 Å². The molecule has 278 valence electrons. The van der Waals surface area contributed by atoms with E-state index < -0.39 is 59.6 Å². The summed E-state index contributed by atoms with van der Waals surface area (Å²) in [6, 6.07) is 9.63. The van der Waals surface area contributed by atoms with Crippen molar-refractivity contribution in [1.29, 1.82) is 0 Å². The molecule has 1 aromatic carbocycles. The Balaban J connectivity index is 0.00000409. The predicted molar refractivity (Wildman–Crippen MR) is 188 cm³/mol. The van der Waals surface area contributed by atoms with E-state index in [1.54, 1.807) is 6.92 Å². The van der Waals surface area contributed by atoms with Gasteiger partial charge in [0.05, 0.1) is 29.6 Å². The maximum absolute atomic E-state index is 13.0. The van der Waals surface area contributed by atoms with Gasteiger partial charge in [0.1, 0.15) is 18.0 Å². The number of carbonyl (C=O) groups excluding carboxylic acids is 1. The second kappa shape index (κ2) is 20.7. The first kappa shape index (κ1) is 42.2. The summed E-state index contributed by atoms with van der Waals surface area (Å²) < 4.78 is 18.5. The minimum Gasteiger partial charge on any atom is -0.512 e. The number of ether oxygens (including phenoxy) is 3. The zero-order chi connectivity index (χ0) is 36.7. The van der Waals surface area contributed by atoms with Crippen molar-refractivity contribution < 1.29 is 49.3 Å². The van der Waals surface area contributed by atoms with E-state index in [9.17, 15) is 35.1 Å². The molecule has 0 radical (unpaired) electrons. The Kier molecular flexibility index (Phi) is 17.8. The van der Waals surface area contributed by atoms with E-state index in [1.807, 2.05) is 51.1 Å². The fraction of sp³-hybridized carbons (Fsp3) is 0.684. The molecule has 0 saturated carbocycles. The summed E-state index contributed by atoms with van der Waals surface area (Å²) in [6.07, 6.45) is 0.849. The van der Waals surface area contributed by atoms with Crippen molar-refractivity contribution in [2.24, 2.45) is 17.3 Å². The lowest BCUT2D eigenvalue weighted by atomic mass is 9.70. The van der Waals surface area contributed by atoms with Crippen molar-refractivity contribution in [1.82, 2.24) is 5.32 Å². The molecule has 9 atom stereocenters. The van der Waals surface area contributed by atoms with Crippen LogP contribution in [0, 0.1) is 17.3 Å². The van der Waals surface area contributed by atoms with Gasteiger partial charge in [-0.3, -0.25) is 4.79 Å². The number of aliphatic hydroxyl groups excluding tert-OH is 4. The number of aliphatic hydroxyl groups is 4. The number of aryl methyl sites for hydroxylation is 1. The number of benzene rings is 1. The molecule has 1 fully saturated rings. The smallest absolute Gasteiger partial charge is 0.335 e. The normalized spacial score (nSPS) is 27.5. The first-order chi connectivity index (χ1) is 23.3. The highest BCUT2D eigenvalue weighted by atomic mass is 16.6. The van der Waals surface area contributed by atoms with Gasteiger partial charge >= 0.3 is 5.97 Å². The average molecular weight is 692 g/mol. The zero-order valence-corrected chi connectivity index (χ0v) is 30.4. The number of carboxylic acid groups (broad SMARTS) is 1. The van der Waals surface area contributed by atoms with Crippen LogP contribution in [0.5, 0.6) is 0 Å². The molecule has 3 rings (SSSR count). The Morgan fingerprint density at radius 3 is 2.35 bits per heavy atom. The van der Waals surface area contributed by atoms with Gasteiger partial charge in [-0.25, -0.2) is 4.79 Å². The van der Waals surface area contributed by atoms with Crippen molar-refractivity contribution in [3.8, 4) is 0 Å². The molecule has 0 aromatic heterocycles. The van der Waals surface area contributed by atoms with Gasteiger partial charge in [-0.05, 0) is 56.9 Å². The topological polar surface area (TPSA) is 175 Å². The van der Waals surface area contributed by atoms with Crippen LogP contribution >= 0.6 is 0 Å². The molecule has 0 spiro atoms. The Labute approximate surface area is 292 Å². The third-order valence-corrected chi connectivity index (χ3v) is 10.0. The van der Waals surface area contributed by atoms with Gasteiger partial charge < -0.3 is 45.1 Å². The van der Waals surface area contributed by atoms with Crippen LogP contribution in [0.4, 0.5) is 0 Å². The Bertz CT molecular complexity index is 1220. The highest BCUT2D eigenvalue weighted by Gasteiger charge is 2.50. The van der Waals surface area contributed by atoms with Gasteiger partial charge in [0.2, 0.25) is 0 Å². The van der Waals surface area contributed by atoms with Crippen LogP contribution in [-0.4, -0.2) is 87.9 Å². The molecule has 0 bridgehead atoms. The molecule has 49 heavy (non-hydrogen) atoms. The minimum absolute atomic E-state index is 0.0530. The summed E-state index contributed by atoms with van der Waals surface area (Å²) in [5.74, 6) is -3.06. The number of hydrogen-bond donors (Lipinski definition) is 6. The molecule has 1 aliphatic carbocycles. The molecule has 5 unspecified atom stereocenters. The van der Waals surface area contributed by atoms with E-state index in [2.05, 4.69) is 19.2 Å². The van der Waals surface area contributed by atoms with Crippen molar-refractivity contribution in [3.63, 3.8) is 0 Å². The predicted octanol–water partition coefficient (Wildman–Crippen LogP) is 5.99. The maximum atomic E-state index is 13.0. The highest BCUT2D eigenvalue weighted by Crippen LogP contribution is 2.44. The summed E-state index contributed by atoms with van der Waals surface area (Å²) in [4.78, 5) is 24.9. The second-order valence-electron chi connectivity index (χ2n) is 13.2. The molecule has 1 amide bonds. The van der Waals surface area contributed by atoms with Gasteiger partial charge in [0.15, 0.2) is 6.23 Å². The number of methoxy groups -OCH3 is 1. The number of carbonyl (C=O) groups is 2. The summed E-state index contributed by atoms with van der Waals surface area (Å²) in [5.41, 5.74) is 0.454. The average Bonchev–Trinajstić information content (AvgIpc) is 3.19. The van der Waals surface area contributed by atoms with Crippen molar-refractivity contribution >= 4 is 11.9 Å². The number of carboxylic acids is 1. The third kappa shape index (κ3) is 11.8. The van der Waals surface area contributed by atoms with Crippen LogP contribution in [-0.2, 0) is 30.2 Å². The SMILES string of the molecule is CC.CCO[C@@H]1C[C@@H](C(NC(=O)[C@@H](O)CCc2ccccc2)OC)OC(C[C@H](O)CCCC2CC(C)C(O)=CC(O)=C2C(=O)O)C1(C)CC. The molecule has 11 nitrogen and oxygen atoms in total. The molecular formula is C38H61NO10. The van der Waals surface area contributed by atoms with Crippen LogP contribution in [0.1, 0.15) is 98.5 Å². The molecule has 1 aromatic rings. The van der Waals surface area contributed by atoms with Crippen molar-refractivity contribution in [3.05, 3.63) is 59.1 Å². The van der Waals surface area contributed by atoms with Crippen LogP contribution in [0.3, 0.4) is 0 Å². The van der Waals surface area contributed by atoms with E-state index >= 15 is 0 Å².